The van der Waals surface area contributed by atoms with Crippen LogP contribution in [0, 0.1) is 12.3 Å². The monoisotopic (exact) mass is 285 g/mol. The van der Waals surface area contributed by atoms with Crippen molar-refractivity contribution in [2.45, 2.75) is 70.8 Å². The Labute approximate surface area is 128 Å². The van der Waals surface area contributed by atoms with Crippen LogP contribution in [0.2, 0.25) is 0 Å². The van der Waals surface area contributed by atoms with Crippen LogP contribution >= 0.6 is 0 Å². The molecule has 21 heavy (non-hydrogen) atoms. The van der Waals surface area contributed by atoms with E-state index in [0.29, 0.717) is 11.5 Å². The molecule has 1 N–H and O–H groups in total. The quantitative estimate of drug-likeness (QED) is 0.844. The van der Waals surface area contributed by atoms with Gasteiger partial charge in [0.25, 0.3) is 5.91 Å². The average molecular weight is 285 g/mol. The molecule has 2 saturated carbocycles. The van der Waals surface area contributed by atoms with Crippen LogP contribution in [0.15, 0.2) is 24.3 Å². The predicted molar refractivity (Wildman–Crippen MR) is 86.4 cm³/mol. The van der Waals surface area contributed by atoms with Crippen LogP contribution in [0.25, 0.3) is 0 Å². The number of nitrogens with one attached hydrogen (secondary N) is 1. The Balaban J connectivity index is 1.53. The molecule has 2 aliphatic rings. The maximum atomic E-state index is 12.3. The van der Waals surface area contributed by atoms with Crippen LogP contribution < -0.4 is 5.32 Å². The van der Waals surface area contributed by atoms with Crippen LogP contribution in [0.4, 0.5) is 0 Å². The zero-order chi connectivity index (χ0) is 14.7. The van der Waals surface area contributed by atoms with E-state index in [1.54, 1.807) is 0 Å². The second-order valence-corrected chi connectivity index (χ2v) is 7.17. The molecule has 1 amide bonds. The molecular formula is C19H27NO. The number of benzene rings is 1. The summed E-state index contributed by atoms with van der Waals surface area (Å²) in [6.07, 6.45) is 12.1. The van der Waals surface area contributed by atoms with E-state index >= 15 is 0 Å². The van der Waals surface area contributed by atoms with Gasteiger partial charge >= 0.3 is 0 Å². The van der Waals surface area contributed by atoms with Crippen molar-refractivity contribution in [1.29, 1.82) is 0 Å². The number of carbonyl (C=O) groups is 1. The summed E-state index contributed by atoms with van der Waals surface area (Å²) >= 11 is 0. The lowest BCUT2D eigenvalue weighted by Crippen LogP contribution is -2.41. The highest BCUT2D eigenvalue weighted by Crippen LogP contribution is 2.47. The van der Waals surface area contributed by atoms with Crippen molar-refractivity contribution < 1.29 is 4.79 Å². The Morgan fingerprint density at radius 1 is 1.00 bits per heavy atom. The smallest absolute Gasteiger partial charge is 0.251 e. The van der Waals surface area contributed by atoms with Crippen molar-refractivity contribution in [2.24, 2.45) is 5.41 Å². The minimum atomic E-state index is 0.0968. The summed E-state index contributed by atoms with van der Waals surface area (Å²) in [5.74, 6) is 0.0968. The Morgan fingerprint density at radius 3 is 2.24 bits per heavy atom. The van der Waals surface area contributed by atoms with Crippen molar-refractivity contribution in [3.05, 3.63) is 35.4 Å². The first kappa shape index (κ1) is 14.6. The molecule has 2 nitrogen and oxygen atoms in total. The Morgan fingerprint density at radius 2 is 1.62 bits per heavy atom. The van der Waals surface area contributed by atoms with E-state index in [9.17, 15) is 4.79 Å². The van der Waals surface area contributed by atoms with Crippen LogP contribution in [0.5, 0.6) is 0 Å². The highest BCUT2D eigenvalue weighted by molar-refractivity contribution is 5.94. The van der Waals surface area contributed by atoms with Gasteiger partial charge in [0.15, 0.2) is 0 Å². The number of hydrogen-bond acceptors (Lipinski definition) is 1. The van der Waals surface area contributed by atoms with E-state index in [-0.39, 0.29) is 5.91 Å². The first-order chi connectivity index (χ1) is 10.2. The van der Waals surface area contributed by atoms with E-state index in [1.807, 2.05) is 31.2 Å². The standard InChI is InChI=1S/C19H27NO/c1-15-5-7-16(8-6-15)18(21)20-17-9-13-19(14-10-17)11-3-2-4-12-19/h5-8,17H,2-4,9-14H2,1H3,(H,20,21). The molecule has 1 aromatic rings. The van der Waals surface area contributed by atoms with E-state index < -0.39 is 0 Å². The molecule has 1 aromatic carbocycles. The summed E-state index contributed by atoms with van der Waals surface area (Å²) in [5, 5.41) is 3.24. The van der Waals surface area contributed by atoms with Gasteiger partial charge in [-0.15, -0.1) is 0 Å². The summed E-state index contributed by atoms with van der Waals surface area (Å²) in [7, 11) is 0. The van der Waals surface area contributed by atoms with Crippen LogP contribution in [0.3, 0.4) is 0 Å². The van der Waals surface area contributed by atoms with Gasteiger partial charge in [0.05, 0.1) is 0 Å². The van der Waals surface area contributed by atoms with Gasteiger partial charge in [-0.1, -0.05) is 37.0 Å². The van der Waals surface area contributed by atoms with Crippen molar-refractivity contribution in [2.75, 3.05) is 0 Å². The van der Waals surface area contributed by atoms with Crippen LogP contribution in [-0.2, 0) is 0 Å². The highest BCUT2D eigenvalue weighted by atomic mass is 16.1. The average Bonchev–Trinajstić information content (AvgIpc) is 2.51. The number of amides is 1. The molecule has 0 heterocycles. The second-order valence-electron chi connectivity index (χ2n) is 7.17. The molecule has 3 rings (SSSR count). The van der Waals surface area contributed by atoms with Crippen molar-refractivity contribution in [3.63, 3.8) is 0 Å². The van der Waals surface area contributed by atoms with Gasteiger partial charge in [-0.05, 0) is 63.0 Å². The van der Waals surface area contributed by atoms with Crippen molar-refractivity contribution >= 4 is 5.91 Å². The summed E-state index contributed by atoms with van der Waals surface area (Å²) in [6, 6.07) is 8.25. The van der Waals surface area contributed by atoms with Crippen LogP contribution in [-0.4, -0.2) is 11.9 Å². The van der Waals surface area contributed by atoms with Gasteiger partial charge in [0, 0.05) is 11.6 Å². The molecule has 2 fully saturated rings. The first-order valence-electron chi connectivity index (χ1n) is 8.54. The molecule has 0 atom stereocenters. The summed E-state index contributed by atoms with van der Waals surface area (Å²) < 4.78 is 0. The topological polar surface area (TPSA) is 29.1 Å². The molecule has 2 heteroatoms. The maximum absolute atomic E-state index is 12.3. The largest absolute Gasteiger partial charge is 0.349 e. The molecule has 114 valence electrons. The molecule has 0 aliphatic heterocycles. The number of rotatable bonds is 2. The maximum Gasteiger partial charge on any atom is 0.251 e. The number of hydrogen-bond donors (Lipinski definition) is 1. The Kier molecular flexibility index (Phi) is 4.32. The van der Waals surface area contributed by atoms with Gasteiger partial charge < -0.3 is 5.32 Å². The highest BCUT2D eigenvalue weighted by Gasteiger charge is 2.36. The zero-order valence-electron chi connectivity index (χ0n) is 13.2. The van der Waals surface area contributed by atoms with Crippen molar-refractivity contribution in [3.8, 4) is 0 Å². The molecule has 0 bridgehead atoms. The van der Waals surface area contributed by atoms with Gasteiger partial charge in [-0.25, -0.2) is 0 Å². The van der Waals surface area contributed by atoms with E-state index in [0.717, 1.165) is 18.4 Å². The fourth-order valence-corrected chi connectivity index (χ4v) is 4.15. The minimum Gasteiger partial charge on any atom is -0.349 e. The van der Waals surface area contributed by atoms with E-state index in [2.05, 4.69) is 5.32 Å². The summed E-state index contributed by atoms with van der Waals surface area (Å²) in [6.45, 7) is 2.05. The van der Waals surface area contributed by atoms with Crippen LogP contribution in [0.1, 0.15) is 73.7 Å². The van der Waals surface area contributed by atoms with Gasteiger partial charge in [0.1, 0.15) is 0 Å². The summed E-state index contributed by atoms with van der Waals surface area (Å²) in [4.78, 5) is 12.3. The lowest BCUT2D eigenvalue weighted by atomic mass is 9.64. The SMILES string of the molecule is Cc1ccc(C(=O)NC2CCC3(CCCCC3)CC2)cc1. The minimum absolute atomic E-state index is 0.0968. The lowest BCUT2D eigenvalue weighted by Gasteiger charge is -2.43. The third-order valence-corrected chi connectivity index (χ3v) is 5.61. The molecule has 0 aromatic heterocycles. The fourth-order valence-electron chi connectivity index (χ4n) is 4.15. The molecule has 0 saturated heterocycles. The Hall–Kier alpha value is -1.31. The van der Waals surface area contributed by atoms with E-state index in [1.165, 1.54) is 50.5 Å². The Bertz CT molecular complexity index is 475. The fraction of sp³-hybridized carbons (Fsp3) is 0.632. The third-order valence-electron chi connectivity index (χ3n) is 5.61. The normalized spacial score (nSPS) is 22.1. The second kappa shape index (κ2) is 6.21. The summed E-state index contributed by atoms with van der Waals surface area (Å²) in [5.41, 5.74) is 2.62. The molecular weight excluding hydrogens is 258 g/mol. The predicted octanol–water partition coefficient (Wildman–Crippen LogP) is 4.62. The number of aryl methyl sites for hydroxylation is 1. The molecule has 0 radical (unpaired) electrons. The van der Waals surface area contributed by atoms with Gasteiger partial charge in [-0.3, -0.25) is 4.79 Å². The van der Waals surface area contributed by atoms with Gasteiger partial charge in [0.2, 0.25) is 0 Å². The lowest BCUT2D eigenvalue weighted by molar-refractivity contribution is 0.0836. The van der Waals surface area contributed by atoms with Crippen molar-refractivity contribution in [1.82, 2.24) is 5.32 Å². The third kappa shape index (κ3) is 3.48. The van der Waals surface area contributed by atoms with Gasteiger partial charge in [-0.2, -0.15) is 0 Å². The molecule has 0 unspecified atom stereocenters. The molecule has 1 spiro atoms. The number of carbonyl (C=O) groups excluding carboxylic acids is 1. The molecule has 2 aliphatic carbocycles. The van der Waals surface area contributed by atoms with E-state index in [4.69, 9.17) is 0 Å². The first-order valence-corrected chi connectivity index (χ1v) is 8.54. The zero-order valence-corrected chi connectivity index (χ0v) is 13.2.